The number of sulfone groups is 2. The molecule has 44 heavy (non-hydrogen) atoms. The number of nitriles is 1. The number of thiophene rings is 1. The van der Waals surface area contributed by atoms with Crippen LogP contribution in [0.5, 0.6) is 0 Å². The molecule has 4 aromatic rings. The van der Waals surface area contributed by atoms with Crippen LogP contribution in [0.2, 0.25) is 0 Å². The van der Waals surface area contributed by atoms with E-state index in [1.165, 1.54) is 23.8 Å². The Morgan fingerprint density at radius 2 is 1.27 bits per heavy atom. The minimum absolute atomic E-state index is 0.0841. The fraction of sp³-hybridized carbons (Fsp3) is 0.273. The third-order valence-corrected chi connectivity index (χ3v) is 10.4. The molecule has 0 saturated carbocycles. The van der Waals surface area contributed by atoms with E-state index in [9.17, 15) is 21.6 Å². The van der Waals surface area contributed by atoms with Gasteiger partial charge in [-0.1, -0.05) is 62.4 Å². The van der Waals surface area contributed by atoms with Crippen molar-refractivity contribution in [3.05, 3.63) is 94.7 Å². The van der Waals surface area contributed by atoms with Gasteiger partial charge in [-0.3, -0.25) is 10.1 Å². The summed E-state index contributed by atoms with van der Waals surface area (Å²) in [6.45, 7) is 3.99. The van der Waals surface area contributed by atoms with Crippen LogP contribution in [-0.4, -0.2) is 47.8 Å². The smallest absolute Gasteiger partial charge is 0.237 e. The SMILES string of the molecule is CC(C)CC(N[C@@H](c1ccc(-c2ccc(S(C)(=O)=O)cc2)cc1)c1cc(-c2ccc(S(C)(=O)=O)cc2)cs1)C(=O)NCC#N. The Hall–Kier alpha value is -3.82. The lowest BCUT2D eigenvalue weighted by Crippen LogP contribution is -2.46. The fourth-order valence-electron chi connectivity index (χ4n) is 4.83. The van der Waals surface area contributed by atoms with Crippen LogP contribution in [0.3, 0.4) is 0 Å². The summed E-state index contributed by atoms with van der Waals surface area (Å²) in [4.78, 5) is 14.6. The number of rotatable bonds is 12. The molecule has 4 rings (SSSR count). The first-order valence-corrected chi connectivity index (χ1v) is 18.6. The van der Waals surface area contributed by atoms with Gasteiger partial charge in [0.05, 0.1) is 27.9 Å². The summed E-state index contributed by atoms with van der Waals surface area (Å²) in [6.07, 6.45) is 2.92. The van der Waals surface area contributed by atoms with Gasteiger partial charge >= 0.3 is 0 Å². The molecule has 0 aliphatic heterocycles. The quantitative estimate of drug-likeness (QED) is 0.190. The Morgan fingerprint density at radius 3 is 1.73 bits per heavy atom. The number of hydrogen-bond donors (Lipinski definition) is 2. The lowest BCUT2D eigenvalue weighted by molar-refractivity contribution is -0.123. The zero-order chi connectivity index (χ0) is 32.1. The van der Waals surface area contributed by atoms with Crippen LogP contribution in [-0.2, 0) is 24.5 Å². The third kappa shape index (κ3) is 8.42. The van der Waals surface area contributed by atoms with Crippen molar-refractivity contribution in [2.75, 3.05) is 19.1 Å². The van der Waals surface area contributed by atoms with Crippen LogP contribution in [0, 0.1) is 17.2 Å². The molecule has 2 N–H and O–H groups in total. The summed E-state index contributed by atoms with van der Waals surface area (Å²) in [7, 11) is -6.60. The van der Waals surface area contributed by atoms with Crippen molar-refractivity contribution in [1.29, 1.82) is 5.26 Å². The van der Waals surface area contributed by atoms with E-state index in [0.717, 1.165) is 32.7 Å². The second kappa shape index (κ2) is 13.9. The predicted octanol–water partition coefficient (Wildman–Crippen LogP) is 5.62. The van der Waals surface area contributed by atoms with Gasteiger partial charge in [0.1, 0.15) is 6.54 Å². The van der Waals surface area contributed by atoms with E-state index < -0.39 is 25.7 Å². The average Bonchev–Trinajstić information content (AvgIpc) is 3.47. The maximum atomic E-state index is 13.1. The molecule has 0 saturated heterocycles. The van der Waals surface area contributed by atoms with Crippen LogP contribution < -0.4 is 10.6 Å². The zero-order valence-corrected chi connectivity index (χ0v) is 27.4. The maximum Gasteiger partial charge on any atom is 0.237 e. The van der Waals surface area contributed by atoms with E-state index in [1.54, 1.807) is 48.5 Å². The Balaban J connectivity index is 1.70. The molecule has 0 radical (unpaired) electrons. The second-order valence-corrected chi connectivity index (χ2v) is 16.1. The van der Waals surface area contributed by atoms with Crippen molar-refractivity contribution < 1.29 is 21.6 Å². The van der Waals surface area contributed by atoms with E-state index in [-0.39, 0.29) is 34.2 Å². The molecular weight excluding hydrogens is 615 g/mol. The first-order chi connectivity index (χ1) is 20.8. The highest BCUT2D eigenvalue weighted by Crippen LogP contribution is 2.35. The molecule has 230 valence electrons. The molecular formula is C33H35N3O5S3. The van der Waals surface area contributed by atoms with Crippen molar-refractivity contribution in [2.45, 2.75) is 42.1 Å². The molecule has 0 bridgehead atoms. The van der Waals surface area contributed by atoms with Gasteiger partial charge in [0, 0.05) is 17.4 Å². The maximum absolute atomic E-state index is 13.1. The summed E-state index contributed by atoms with van der Waals surface area (Å²) >= 11 is 1.53. The first kappa shape index (κ1) is 33.1. The number of hydrogen-bond acceptors (Lipinski definition) is 8. The van der Waals surface area contributed by atoms with Gasteiger partial charge in [-0.05, 0) is 75.9 Å². The van der Waals surface area contributed by atoms with Gasteiger partial charge < -0.3 is 5.32 Å². The predicted molar refractivity (Wildman–Crippen MR) is 175 cm³/mol. The van der Waals surface area contributed by atoms with Gasteiger partial charge in [0.2, 0.25) is 5.91 Å². The van der Waals surface area contributed by atoms with E-state index in [0.29, 0.717) is 6.42 Å². The fourth-order valence-corrected chi connectivity index (χ4v) is 7.09. The zero-order valence-electron chi connectivity index (χ0n) is 24.9. The third-order valence-electron chi connectivity index (χ3n) is 7.11. The van der Waals surface area contributed by atoms with Crippen molar-refractivity contribution in [1.82, 2.24) is 10.6 Å². The Kier molecular flexibility index (Phi) is 10.4. The minimum atomic E-state index is -3.31. The summed E-state index contributed by atoms with van der Waals surface area (Å²) in [5.41, 5.74) is 4.50. The summed E-state index contributed by atoms with van der Waals surface area (Å²) in [5.74, 6) is -0.0356. The first-order valence-electron chi connectivity index (χ1n) is 14.0. The molecule has 11 heteroatoms. The molecule has 1 unspecified atom stereocenters. The topological polar surface area (TPSA) is 133 Å². The van der Waals surface area contributed by atoms with Crippen LogP contribution in [0.1, 0.15) is 36.8 Å². The monoisotopic (exact) mass is 649 g/mol. The van der Waals surface area contributed by atoms with Crippen LogP contribution in [0.25, 0.3) is 22.3 Å². The highest BCUT2D eigenvalue weighted by atomic mass is 32.2. The number of carbonyl (C=O) groups is 1. The summed E-state index contributed by atoms with van der Waals surface area (Å²) < 4.78 is 47.6. The van der Waals surface area contributed by atoms with Gasteiger partial charge in [0.15, 0.2) is 19.7 Å². The number of amides is 1. The number of carbonyl (C=O) groups excluding carboxylic acids is 1. The lowest BCUT2D eigenvalue weighted by atomic mass is 9.96. The second-order valence-electron chi connectivity index (χ2n) is 11.1. The van der Waals surface area contributed by atoms with Gasteiger partial charge in [-0.2, -0.15) is 5.26 Å². The van der Waals surface area contributed by atoms with E-state index in [4.69, 9.17) is 5.26 Å². The highest BCUT2D eigenvalue weighted by molar-refractivity contribution is 7.91. The van der Waals surface area contributed by atoms with Crippen molar-refractivity contribution in [3.8, 4) is 28.3 Å². The molecule has 2 atom stereocenters. The Bertz CT molecular complexity index is 1860. The lowest BCUT2D eigenvalue weighted by Gasteiger charge is -2.26. The molecule has 0 aliphatic carbocycles. The molecule has 0 aliphatic rings. The molecule has 0 fully saturated rings. The van der Waals surface area contributed by atoms with Crippen LogP contribution >= 0.6 is 11.3 Å². The van der Waals surface area contributed by atoms with Crippen molar-refractivity contribution >= 4 is 36.9 Å². The van der Waals surface area contributed by atoms with E-state index >= 15 is 0 Å². The van der Waals surface area contributed by atoms with E-state index in [2.05, 4.69) is 10.6 Å². The largest absolute Gasteiger partial charge is 0.342 e. The van der Waals surface area contributed by atoms with Crippen LogP contribution in [0.15, 0.2) is 94.0 Å². The molecule has 8 nitrogen and oxygen atoms in total. The normalized spacial score (nSPS) is 13.3. The van der Waals surface area contributed by atoms with Crippen molar-refractivity contribution in [2.24, 2.45) is 5.92 Å². The standard InChI is InChI=1S/C33H35N3O5S3/c1-22(2)19-30(33(37)35-18-17-34)36-32(31-20-27(21-42-31)25-11-15-29(16-12-25)44(4,40)41)26-7-5-23(6-8-26)24-9-13-28(14-10-24)43(3,38)39/h5-16,20-22,30,32,36H,18-19H2,1-4H3,(H,35,37)/t30?,32-/m0/s1. The molecule has 1 aromatic heterocycles. The number of benzene rings is 3. The Labute approximate surface area is 263 Å². The number of nitrogens with one attached hydrogen (secondary N) is 2. The van der Waals surface area contributed by atoms with Crippen molar-refractivity contribution in [3.63, 3.8) is 0 Å². The number of nitrogens with zero attached hydrogens (tertiary/aromatic N) is 1. The van der Waals surface area contributed by atoms with Gasteiger partial charge in [-0.25, -0.2) is 16.8 Å². The summed E-state index contributed by atoms with van der Waals surface area (Å²) in [5, 5.41) is 17.3. The summed E-state index contributed by atoms with van der Waals surface area (Å²) in [6, 6.07) is 24.5. The van der Waals surface area contributed by atoms with E-state index in [1.807, 2.05) is 55.6 Å². The minimum Gasteiger partial charge on any atom is -0.342 e. The average molecular weight is 650 g/mol. The van der Waals surface area contributed by atoms with Gasteiger partial charge in [0.25, 0.3) is 0 Å². The molecule has 1 heterocycles. The van der Waals surface area contributed by atoms with Gasteiger partial charge in [-0.15, -0.1) is 11.3 Å². The molecule has 3 aromatic carbocycles. The molecule has 1 amide bonds. The van der Waals surface area contributed by atoms with Crippen LogP contribution in [0.4, 0.5) is 0 Å². The highest BCUT2D eigenvalue weighted by Gasteiger charge is 2.26. The Morgan fingerprint density at radius 1 is 0.795 bits per heavy atom. The molecule has 0 spiro atoms.